The molecule has 0 heterocycles. The highest BCUT2D eigenvalue weighted by Gasteiger charge is 2.34. The van der Waals surface area contributed by atoms with Crippen molar-refractivity contribution in [1.29, 1.82) is 0 Å². The molecule has 5 aromatic carbocycles. The predicted octanol–water partition coefficient (Wildman–Crippen LogP) is 34.6. The molecule has 5 heteroatoms. The Balaban J connectivity index is 0.000000750. The molecule has 0 saturated heterocycles. The molecule has 0 fully saturated rings. The Morgan fingerprint density at radius 1 is 0.158 bits per heavy atom. The molecule has 0 aliphatic heterocycles. The van der Waals surface area contributed by atoms with Crippen LogP contribution >= 0.6 is 0 Å². The Kier molecular flexibility index (Phi) is 40.2. The van der Waals surface area contributed by atoms with E-state index in [2.05, 4.69) is 411 Å². The molecule has 0 aromatic heterocycles. The van der Waals surface area contributed by atoms with Crippen molar-refractivity contribution in [2.24, 2.45) is 54.1 Å². The Labute approximate surface area is 748 Å². The normalized spacial score (nSPS) is 13.3. The lowest BCUT2D eigenvalue weighted by atomic mass is 9.80. The summed E-state index contributed by atoms with van der Waals surface area (Å²) in [6.07, 6.45) is 15.8. The van der Waals surface area contributed by atoms with E-state index >= 15 is 0 Å². The minimum atomic E-state index is -0.181. The van der Waals surface area contributed by atoms with Crippen LogP contribution in [0.5, 0.6) is 28.7 Å². The molecule has 0 aliphatic carbocycles. The van der Waals surface area contributed by atoms with Gasteiger partial charge in [0.1, 0.15) is 56.8 Å². The second-order valence-electron chi connectivity index (χ2n) is 53.4. The van der Waals surface area contributed by atoms with E-state index in [0.29, 0.717) is 0 Å². The zero-order valence-corrected chi connectivity index (χ0v) is 90.5. The quantitative estimate of drug-likeness (QED) is 0.0777. The molecule has 5 rings (SSSR count). The van der Waals surface area contributed by atoms with E-state index in [1.807, 2.05) is 0 Å². The molecule has 0 aliphatic rings. The first kappa shape index (κ1) is 113. The highest BCUT2D eigenvalue weighted by molar-refractivity contribution is 5.56. The monoisotopic (exact) mass is 1660 g/mol. The first-order chi connectivity index (χ1) is 53.1. The standard InChI is InChI=1S/5C23H40O/c5*1-12-18-16(2)13-17(14-21(3,4)5)20(24-23(9,10)11)19(18)15-22(6,7)8/h5*13H,12,14-15H2,1-11H3. The summed E-state index contributed by atoms with van der Waals surface area (Å²) < 4.78 is 32.8. The summed E-state index contributed by atoms with van der Waals surface area (Å²) in [5.41, 5.74) is 30.0. The van der Waals surface area contributed by atoms with Gasteiger partial charge in [-0.05, 0) is 400 Å². The van der Waals surface area contributed by atoms with Crippen molar-refractivity contribution < 1.29 is 23.7 Å². The fraction of sp³-hybridized carbons (Fsp3) is 0.739. The topological polar surface area (TPSA) is 46.2 Å². The number of ether oxygens (including phenoxy) is 5. The van der Waals surface area contributed by atoms with Crippen LogP contribution in [0.15, 0.2) is 30.3 Å². The molecule has 5 nitrogen and oxygen atoms in total. The molecule has 5 aromatic rings. The summed E-state index contributed by atoms with van der Waals surface area (Å²) in [4.78, 5) is 0. The highest BCUT2D eigenvalue weighted by Crippen LogP contribution is 2.47. The van der Waals surface area contributed by atoms with Crippen molar-refractivity contribution in [3.8, 4) is 28.7 Å². The van der Waals surface area contributed by atoms with Gasteiger partial charge in [0.15, 0.2) is 0 Å². The Morgan fingerprint density at radius 2 is 0.258 bits per heavy atom. The van der Waals surface area contributed by atoms with Gasteiger partial charge in [-0.1, -0.05) is 273 Å². The molecule has 120 heavy (non-hydrogen) atoms. The van der Waals surface area contributed by atoms with Crippen LogP contribution < -0.4 is 23.7 Å². The van der Waals surface area contributed by atoms with Crippen molar-refractivity contribution in [1.82, 2.24) is 0 Å². The van der Waals surface area contributed by atoms with Crippen LogP contribution in [0.1, 0.15) is 457 Å². The highest BCUT2D eigenvalue weighted by atomic mass is 16.5. The second-order valence-corrected chi connectivity index (χ2v) is 53.4. The third-order valence-corrected chi connectivity index (χ3v) is 19.9. The zero-order valence-electron chi connectivity index (χ0n) is 90.5. The van der Waals surface area contributed by atoms with Crippen molar-refractivity contribution in [3.05, 3.63) is 142 Å². The van der Waals surface area contributed by atoms with Gasteiger partial charge in [0, 0.05) is 0 Å². The van der Waals surface area contributed by atoms with Gasteiger partial charge < -0.3 is 23.7 Å². The van der Waals surface area contributed by atoms with E-state index in [9.17, 15) is 0 Å². The van der Waals surface area contributed by atoms with Crippen LogP contribution in [-0.4, -0.2) is 28.0 Å². The molecule has 0 saturated carbocycles. The number of hydrogen-bond donors (Lipinski definition) is 0. The van der Waals surface area contributed by atoms with Gasteiger partial charge in [0.2, 0.25) is 0 Å². The van der Waals surface area contributed by atoms with E-state index in [1.54, 1.807) is 0 Å². The van der Waals surface area contributed by atoms with Crippen molar-refractivity contribution in [3.63, 3.8) is 0 Å². The minimum absolute atomic E-state index is 0.181. The van der Waals surface area contributed by atoms with E-state index in [0.717, 1.165) is 125 Å². The van der Waals surface area contributed by atoms with Crippen molar-refractivity contribution >= 4 is 0 Å². The van der Waals surface area contributed by atoms with Gasteiger partial charge >= 0.3 is 0 Å². The molecule has 0 spiro atoms. The summed E-state index contributed by atoms with van der Waals surface area (Å²) in [5.74, 6) is 5.74. The minimum Gasteiger partial charge on any atom is -0.488 e. The molecular formula is C115H200O5. The van der Waals surface area contributed by atoms with Crippen molar-refractivity contribution in [2.45, 2.75) is 505 Å². The van der Waals surface area contributed by atoms with Gasteiger partial charge in [-0.2, -0.15) is 0 Å². The average Bonchev–Trinajstić information content (AvgIpc) is 0.804. The third kappa shape index (κ3) is 43.8. The Hall–Kier alpha value is -4.90. The molecule has 690 valence electrons. The SMILES string of the molecule is CCc1c(C)cc(CC(C)(C)C)c(OC(C)(C)C)c1CC(C)(C)C.CCc1c(C)cc(CC(C)(C)C)c(OC(C)(C)C)c1CC(C)(C)C.CCc1c(C)cc(CC(C)(C)C)c(OC(C)(C)C)c1CC(C)(C)C.CCc1c(C)cc(CC(C)(C)C)c(OC(C)(C)C)c1CC(C)(C)C.CCc1c(C)cc(CC(C)(C)C)c(OC(C)(C)C)c1CC(C)(C)C. The Morgan fingerprint density at radius 3 is 0.333 bits per heavy atom. The van der Waals surface area contributed by atoms with Crippen LogP contribution in [0.25, 0.3) is 0 Å². The molecular weight excluding hydrogens is 1460 g/mol. The van der Waals surface area contributed by atoms with Crippen LogP contribution in [0, 0.1) is 88.8 Å². The fourth-order valence-corrected chi connectivity index (χ4v) is 16.6. The average molecular weight is 1660 g/mol. The van der Waals surface area contributed by atoms with Crippen LogP contribution in [0.4, 0.5) is 0 Å². The molecule has 0 unspecified atom stereocenters. The van der Waals surface area contributed by atoms with Crippen LogP contribution in [0.3, 0.4) is 0 Å². The maximum Gasteiger partial charge on any atom is 0.126 e. The molecule has 0 N–H and O–H groups in total. The van der Waals surface area contributed by atoms with Crippen LogP contribution in [-0.2, 0) is 96.3 Å². The smallest absolute Gasteiger partial charge is 0.126 e. The molecule has 0 bridgehead atoms. The summed E-state index contributed by atoms with van der Waals surface area (Å²) in [6.45, 7) is 124. The molecule has 0 amide bonds. The van der Waals surface area contributed by atoms with Gasteiger partial charge in [-0.25, -0.2) is 0 Å². The van der Waals surface area contributed by atoms with Gasteiger partial charge in [0.25, 0.3) is 0 Å². The third-order valence-electron chi connectivity index (χ3n) is 19.9. The maximum atomic E-state index is 6.55. The van der Waals surface area contributed by atoms with E-state index < -0.39 is 0 Å². The summed E-state index contributed by atoms with van der Waals surface area (Å²) in [5, 5.41) is 0. The number of benzene rings is 5. The Bertz CT molecular complexity index is 3410. The predicted molar refractivity (Wildman–Crippen MR) is 536 cm³/mol. The zero-order chi connectivity index (χ0) is 94.6. The number of rotatable bonds is 20. The largest absolute Gasteiger partial charge is 0.488 e. The maximum absolute atomic E-state index is 6.55. The van der Waals surface area contributed by atoms with Crippen molar-refractivity contribution in [2.75, 3.05) is 0 Å². The lowest BCUT2D eigenvalue weighted by Crippen LogP contribution is -2.26. The van der Waals surface area contributed by atoms with Crippen LogP contribution in [0.2, 0.25) is 0 Å². The number of hydrogen-bond acceptors (Lipinski definition) is 5. The lowest BCUT2D eigenvalue weighted by Gasteiger charge is -2.32. The van der Waals surface area contributed by atoms with E-state index in [-0.39, 0.29) is 82.2 Å². The summed E-state index contributed by atoms with van der Waals surface area (Å²) in [6, 6.07) is 11.9. The summed E-state index contributed by atoms with van der Waals surface area (Å²) >= 11 is 0. The van der Waals surface area contributed by atoms with Gasteiger partial charge in [-0.3, -0.25) is 0 Å². The summed E-state index contributed by atoms with van der Waals surface area (Å²) in [7, 11) is 0. The fourth-order valence-electron chi connectivity index (χ4n) is 16.6. The van der Waals surface area contributed by atoms with E-state index in [1.165, 1.54) is 111 Å². The molecule has 0 radical (unpaired) electrons. The van der Waals surface area contributed by atoms with Gasteiger partial charge in [-0.15, -0.1) is 0 Å². The lowest BCUT2D eigenvalue weighted by molar-refractivity contribution is 0.125. The number of aryl methyl sites for hydroxylation is 5. The molecule has 0 atom stereocenters. The van der Waals surface area contributed by atoms with E-state index in [4.69, 9.17) is 23.7 Å². The van der Waals surface area contributed by atoms with Gasteiger partial charge in [0.05, 0.1) is 0 Å². The first-order valence-corrected chi connectivity index (χ1v) is 47.3. The first-order valence-electron chi connectivity index (χ1n) is 47.3. The second kappa shape index (κ2) is 42.6.